The summed E-state index contributed by atoms with van der Waals surface area (Å²) in [5.41, 5.74) is 0. The first-order valence-electron chi connectivity index (χ1n) is 19.8. The minimum atomic E-state index is -0.755. The number of aliphatic hydroxyl groups excluding tert-OH is 1. The van der Waals surface area contributed by atoms with Gasteiger partial charge in [-0.25, -0.2) is 4.79 Å². The zero-order valence-corrected chi connectivity index (χ0v) is 32.6. The second-order valence-electron chi connectivity index (χ2n) is 14.3. The van der Waals surface area contributed by atoms with Crippen LogP contribution in [0.3, 0.4) is 0 Å². The second kappa shape index (κ2) is 32.4. The number of allylic oxidation sites excluding steroid dienone is 1. The lowest BCUT2D eigenvalue weighted by Gasteiger charge is -2.30. The number of ether oxygens (including phenoxy) is 4. The first-order valence-corrected chi connectivity index (χ1v) is 19.8. The van der Waals surface area contributed by atoms with E-state index in [1.165, 1.54) is 26.2 Å². The number of carbonyl (C=O) groups is 4. The molecule has 0 saturated carbocycles. The number of nitrogens with zero attached hydrogens (tertiary/aromatic N) is 1. The van der Waals surface area contributed by atoms with Crippen LogP contribution >= 0.6 is 0 Å². The number of likely N-dealkylation sites (N-methyl/N-ethyl adjacent to an activating group) is 1. The molecule has 0 heterocycles. The molecular formula is C40H74NO9+. The molecule has 0 amide bonds. The van der Waals surface area contributed by atoms with E-state index in [0.29, 0.717) is 49.9 Å². The molecule has 0 aromatic rings. The summed E-state index contributed by atoms with van der Waals surface area (Å²) in [4.78, 5) is 47.5. The fraction of sp³-hybridized carbons (Fsp3) is 0.850. The quantitative estimate of drug-likeness (QED) is 0.0231. The van der Waals surface area contributed by atoms with E-state index < -0.39 is 12.2 Å². The maximum absolute atomic E-state index is 12.7. The first kappa shape index (κ1) is 47.5. The van der Waals surface area contributed by atoms with Crippen LogP contribution in [-0.4, -0.2) is 92.7 Å². The monoisotopic (exact) mass is 713 g/mol. The Kier molecular flexibility index (Phi) is 30.9. The van der Waals surface area contributed by atoms with Crippen molar-refractivity contribution < 1.29 is 47.7 Å². The molecule has 10 heteroatoms. The zero-order valence-electron chi connectivity index (χ0n) is 32.6. The van der Waals surface area contributed by atoms with Gasteiger partial charge >= 0.3 is 23.9 Å². The van der Waals surface area contributed by atoms with Crippen LogP contribution in [0.4, 0.5) is 0 Å². The standard InChI is InChI=1S/C40H74NO9/c1-6-8-10-15-22-28-38(44)48-31-24-18-19-25-32-49-39(45)29-23-17-14-12-11-13-16-21-26-36(43)37(27-20-9-7-2)50-40(46)34-41(4,5)30-33-47-35(3)42/h16,21,36-37,43H,6-15,17-20,22-34H2,1-5H3/q+1. The summed E-state index contributed by atoms with van der Waals surface area (Å²) >= 11 is 0. The van der Waals surface area contributed by atoms with Gasteiger partial charge in [0.15, 0.2) is 6.54 Å². The summed E-state index contributed by atoms with van der Waals surface area (Å²) in [6.07, 6.45) is 23.0. The maximum Gasteiger partial charge on any atom is 0.362 e. The van der Waals surface area contributed by atoms with E-state index in [2.05, 4.69) is 19.9 Å². The minimum Gasteiger partial charge on any atom is -0.466 e. The van der Waals surface area contributed by atoms with Gasteiger partial charge in [0.25, 0.3) is 0 Å². The highest BCUT2D eigenvalue weighted by Crippen LogP contribution is 2.16. The Bertz CT molecular complexity index is 905. The van der Waals surface area contributed by atoms with E-state index in [9.17, 15) is 24.3 Å². The molecule has 0 rings (SSSR count). The van der Waals surface area contributed by atoms with Crippen molar-refractivity contribution in [1.82, 2.24) is 0 Å². The Balaban J connectivity index is 3.96. The lowest BCUT2D eigenvalue weighted by molar-refractivity contribution is -0.883. The molecule has 1 N–H and O–H groups in total. The molecule has 0 aromatic heterocycles. The van der Waals surface area contributed by atoms with Crippen molar-refractivity contribution in [2.45, 2.75) is 174 Å². The Hall–Kier alpha value is -2.46. The number of carbonyl (C=O) groups excluding carboxylic acids is 4. The Morgan fingerprint density at radius 1 is 0.620 bits per heavy atom. The molecule has 0 aliphatic rings. The highest BCUT2D eigenvalue weighted by Gasteiger charge is 2.27. The number of quaternary nitrogens is 1. The molecule has 0 spiro atoms. The van der Waals surface area contributed by atoms with E-state index in [4.69, 9.17) is 18.9 Å². The minimum absolute atomic E-state index is 0.0875. The molecule has 0 bridgehead atoms. The highest BCUT2D eigenvalue weighted by atomic mass is 16.6. The van der Waals surface area contributed by atoms with Crippen LogP contribution in [0.2, 0.25) is 0 Å². The summed E-state index contributed by atoms with van der Waals surface area (Å²) < 4.78 is 21.7. The van der Waals surface area contributed by atoms with Gasteiger partial charge in [0.1, 0.15) is 19.3 Å². The van der Waals surface area contributed by atoms with Crippen LogP contribution in [0.25, 0.3) is 0 Å². The van der Waals surface area contributed by atoms with Gasteiger partial charge in [-0.05, 0) is 70.6 Å². The van der Waals surface area contributed by atoms with Gasteiger partial charge in [0, 0.05) is 19.8 Å². The molecule has 10 nitrogen and oxygen atoms in total. The highest BCUT2D eigenvalue weighted by molar-refractivity contribution is 5.71. The van der Waals surface area contributed by atoms with Crippen molar-refractivity contribution >= 4 is 23.9 Å². The average molecular weight is 713 g/mol. The van der Waals surface area contributed by atoms with Gasteiger partial charge in [-0.2, -0.15) is 0 Å². The summed E-state index contributed by atoms with van der Waals surface area (Å²) in [5.74, 6) is -0.914. The SMILES string of the molecule is CCCCCCCC(=O)OCCCCCCOC(=O)CCCCCCCC=CCC(O)C(CCCCC)OC(=O)C[N+](C)(C)CCOC(C)=O. The fourth-order valence-electron chi connectivity index (χ4n) is 5.51. The number of rotatable bonds is 34. The van der Waals surface area contributed by atoms with Crippen molar-refractivity contribution in [3.8, 4) is 0 Å². The summed E-state index contributed by atoms with van der Waals surface area (Å²) in [6, 6.07) is 0. The average Bonchev–Trinajstić information content (AvgIpc) is 3.05. The second-order valence-corrected chi connectivity index (χ2v) is 14.3. The van der Waals surface area contributed by atoms with Crippen molar-refractivity contribution in [2.75, 3.05) is 47.0 Å². The molecule has 50 heavy (non-hydrogen) atoms. The third-order valence-corrected chi connectivity index (χ3v) is 8.71. The predicted molar refractivity (Wildman–Crippen MR) is 198 cm³/mol. The fourth-order valence-corrected chi connectivity index (χ4v) is 5.51. The van der Waals surface area contributed by atoms with Gasteiger partial charge in [0.05, 0.1) is 33.4 Å². The topological polar surface area (TPSA) is 125 Å². The van der Waals surface area contributed by atoms with E-state index in [0.717, 1.165) is 96.3 Å². The van der Waals surface area contributed by atoms with E-state index in [1.807, 2.05) is 20.2 Å². The predicted octanol–water partition coefficient (Wildman–Crippen LogP) is 8.16. The van der Waals surface area contributed by atoms with Crippen LogP contribution in [-0.2, 0) is 38.1 Å². The zero-order chi connectivity index (χ0) is 37.3. The van der Waals surface area contributed by atoms with Crippen molar-refractivity contribution in [1.29, 1.82) is 0 Å². The molecule has 0 aliphatic carbocycles. The molecule has 2 unspecified atom stereocenters. The lowest BCUT2D eigenvalue weighted by atomic mass is 10.0. The van der Waals surface area contributed by atoms with Crippen molar-refractivity contribution in [2.24, 2.45) is 0 Å². The molecule has 0 aliphatic heterocycles. The van der Waals surface area contributed by atoms with Crippen LogP contribution < -0.4 is 0 Å². The number of aliphatic hydroxyl groups is 1. The Morgan fingerprint density at radius 2 is 1.14 bits per heavy atom. The van der Waals surface area contributed by atoms with Crippen molar-refractivity contribution in [3.05, 3.63) is 12.2 Å². The Labute approximate surface area is 304 Å². The lowest BCUT2D eigenvalue weighted by Crippen LogP contribution is -2.47. The largest absolute Gasteiger partial charge is 0.466 e. The van der Waals surface area contributed by atoms with Crippen LogP contribution in [0.1, 0.15) is 162 Å². The number of unbranched alkanes of at least 4 members (excludes halogenated alkanes) is 14. The van der Waals surface area contributed by atoms with Crippen LogP contribution in [0.5, 0.6) is 0 Å². The maximum atomic E-state index is 12.7. The third-order valence-electron chi connectivity index (χ3n) is 8.71. The van der Waals surface area contributed by atoms with Gasteiger partial charge in [-0.1, -0.05) is 83.8 Å². The first-order chi connectivity index (χ1) is 24.0. The van der Waals surface area contributed by atoms with E-state index in [1.54, 1.807) is 0 Å². The summed E-state index contributed by atoms with van der Waals surface area (Å²) in [6.45, 7) is 7.46. The third kappa shape index (κ3) is 31.5. The normalized spacial score (nSPS) is 12.8. The summed E-state index contributed by atoms with van der Waals surface area (Å²) in [7, 11) is 3.77. The van der Waals surface area contributed by atoms with E-state index >= 15 is 0 Å². The molecule has 292 valence electrons. The number of hydrogen-bond acceptors (Lipinski definition) is 9. The van der Waals surface area contributed by atoms with Crippen LogP contribution in [0.15, 0.2) is 12.2 Å². The van der Waals surface area contributed by atoms with Gasteiger partial charge in [0.2, 0.25) is 0 Å². The van der Waals surface area contributed by atoms with Gasteiger partial charge < -0.3 is 28.5 Å². The molecule has 0 radical (unpaired) electrons. The van der Waals surface area contributed by atoms with Crippen LogP contribution in [0, 0.1) is 0 Å². The van der Waals surface area contributed by atoms with E-state index in [-0.39, 0.29) is 37.0 Å². The molecule has 0 aromatic carbocycles. The van der Waals surface area contributed by atoms with Crippen molar-refractivity contribution in [3.63, 3.8) is 0 Å². The number of esters is 4. The Morgan fingerprint density at radius 3 is 1.72 bits per heavy atom. The smallest absolute Gasteiger partial charge is 0.362 e. The molecule has 0 fully saturated rings. The van der Waals surface area contributed by atoms with Gasteiger partial charge in [-0.15, -0.1) is 0 Å². The summed E-state index contributed by atoms with van der Waals surface area (Å²) in [5, 5.41) is 10.8. The molecule has 0 saturated heterocycles. The molecule has 2 atom stereocenters. The molecular weight excluding hydrogens is 638 g/mol. The number of hydrogen-bond donors (Lipinski definition) is 1. The van der Waals surface area contributed by atoms with Gasteiger partial charge in [-0.3, -0.25) is 14.4 Å².